The predicted molar refractivity (Wildman–Crippen MR) is 121 cm³/mol. The summed E-state index contributed by atoms with van der Waals surface area (Å²) in [4.78, 5) is 13.4. The smallest absolute Gasteiger partial charge is 0.314 e. The molecule has 0 spiro atoms. The van der Waals surface area contributed by atoms with E-state index in [9.17, 15) is 17.6 Å². The van der Waals surface area contributed by atoms with Crippen LogP contribution in [0.15, 0.2) is 64.4 Å². The fourth-order valence-electron chi connectivity index (χ4n) is 2.86. The second-order valence-electron chi connectivity index (χ2n) is 7.34. The molecule has 6 nitrogen and oxygen atoms in total. The van der Waals surface area contributed by atoms with Crippen LogP contribution in [0.25, 0.3) is 16.8 Å². The first-order valence-corrected chi connectivity index (χ1v) is 11.8. The largest absolute Gasteiger partial charge is 0.479 e. The molecule has 1 atom stereocenters. The Labute approximate surface area is 185 Å². The maximum Gasteiger partial charge on any atom is 0.314 e. The number of ether oxygens (including phenoxy) is 1. The minimum absolute atomic E-state index is 0.00444. The lowest BCUT2D eigenvalue weighted by atomic mass is 10.1. The van der Waals surface area contributed by atoms with Crippen LogP contribution in [0.5, 0.6) is 5.75 Å². The molecule has 0 aliphatic rings. The Bertz CT molecular complexity index is 1250. The number of halogens is 1. The molecule has 9 heteroatoms. The topological polar surface area (TPSA) is 78.3 Å². The van der Waals surface area contributed by atoms with Crippen molar-refractivity contribution < 1.29 is 17.5 Å². The summed E-state index contributed by atoms with van der Waals surface area (Å²) < 4.78 is 43.9. The number of hydrogen-bond acceptors (Lipinski definition) is 6. The van der Waals surface area contributed by atoms with Crippen molar-refractivity contribution in [3.05, 3.63) is 70.9 Å². The van der Waals surface area contributed by atoms with Crippen molar-refractivity contribution in [1.29, 1.82) is 0 Å². The van der Waals surface area contributed by atoms with E-state index in [1.165, 1.54) is 48.0 Å². The van der Waals surface area contributed by atoms with E-state index in [1.54, 1.807) is 12.1 Å². The molecule has 0 saturated carbocycles. The summed E-state index contributed by atoms with van der Waals surface area (Å²) in [5.74, 6) is -0.410. The third-order valence-corrected chi connectivity index (χ3v) is 6.04. The van der Waals surface area contributed by atoms with Crippen molar-refractivity contribution in [1.82, 2.24) is 9.78 Å². The Hall–Kier alpha value is -2.91. The van der Waals surface area contributed by atoms with Crippen LogP contribution >= 0.6 is 12.2 Å². The standard InChI is InChI=1S/C22H21FN2O4S2/c1-14(2)20(13-30)29-21-19(15-4-10-18(11-5-15)31(3,27)28)12-24-25(22(21)26)17-8-6-16(23)7-9-17/h4-14,20H,1-3H3. The molecule has 0 N–H and O–H groups in total. The lowest BCUT2D eigenvalue weighted by molar-refractivity contribution is 0.218. The van der Waals surface area contributed by atoms with Crippen molar-refractivity contribution in [2.75, 3.05) is 6.26 Å². The van der Waals surface area contributed by atoms with Gasteiger partial charge in [0.1, 0.15) is 11.9 Å². The average molecular weight is 461 g/mol. The van der Waals surface area contributed by atoms with Crippen LogP contribution in [-0.4, -0.2) is 35.9 Å². The summed E-state index contributed by atoms with van der Waals surface area (Å²) >= 11 is 5.07. The normalized spacial score (nSPS) is 12.5. The molecule has 0 radical (unpaired) electrons. The van der Waals surface area contributed by atoms with E-state index < -0.39 is 27.3 Å². The Balaban J connectivity index is 2.18. The third kappa shape index (κ3) is 5.05. The molecular formula is C22H21FN2O4S2. The second kappa shape index (κ2) is 9.07. The number of hydrogen-bond donors (Lipinski definition) is 0. The SMILES string of the molecule is CC(C)C(C=S)Oc1c(-c2ccc(S(C)(=O)=O)cc2)cnn(-c2ccc(F)cc2)c1=O. The Morgan fingerprint density at radius 3 is 2.23 bits per heavy atom. The lowest BCUT2D eigenvalue weighted by Gasteiger charge is -2.20. The molecule has 0 aliphatic carbocycles. The van der Waals surface area contributed by atoms with Crippen molar-refractivity contribution in [3.63, 3.8) is 0 Å². The first kappa shape index (κ1) is 22.8. The second-order valence-corrected chi connectivity index (χ2v) is 9.63. The third-order valence-electron chi connectivity index (χ3n) is 4.64. The van der Waals surface area contributed by atoms with Gasteiger partial charge in [0.2, 0.25) is 0 Å². The molecule has 0 fully saturated rings. The Morgan fingerprint density at radius 1 is 1.10 bits per heavy atom. The minimum atomic E-state index is -3.36. The van der Waals surface area contributed by atoms with Gasteiger partial charge >= 0.3 is 5.56 Å². The van der Waals surface area contributed by atoms with Crippen LogP contribution in [0, 0.1) is 11.7 Å². The van der Waals surface area contributed by atoms with Gasteiger partial charge in [-0.25, -0.2) is 12.8 Å². The number of thiocarbonyl (C=S) groups is 1. The zero-order valence-corrected chi connectivity index (χ0v) is 18.8. The van der Waals surface area contributed by atoms with E-state index in [1.807, 2.05) is 13.8 Å². The molecule has 0 saturated heterocycles. The van der Waals surface area contributed by atoms with E-state index in [0.29, 0.717) is 16.8 Å². The van der Waals surface area contributed by atoms with Gasteiger partial charge in [-0.2, -0.15) is 9.78 Å². The molecular weight excluding hydrogens is 439 g/mol. The Kier molecular flexibility index (Phi) is 6.66. The molecule has 2 aromatic carbocycles. The fraction of sp³-hybridized carbons (Fsp3) is 0.227. The maximum absolute atomic E-state index is 13.3. The molecule has 0 amide bonds. The monoisotopic (exact) mass is 460 g/mol. The highest BCUT2D eigenvalue weighted by atomic mass is 32.2. The maximum atomic E-state index is 13.3. The fourth-order valence-corrected chi connectivity index (χ4v) is 3.86. The highest BCUT2D eigenvalue weighted by Crippen LogP contribution is 2.29. The van der Waals surface area contributed by atoms with Gasteiger partial charge in [0.25, 0.3) is 0 Å². The van der Waals surface area contributed by atoms with Crippen LogP contribution in [0.4, 0.5) is 4.39 Å². The first-order chi connectivity index (χ1) is 14.6. The number of rotatable bonds is 7. The van der Waals surface area contributed by atoms with E-state index in [2.05, 4.69) is 5.10 Å². The van der Waals surface area contributed by atoms with Gasteiger partial charge in [-0.15, -0.1) is 0 Å². The molecule has 1 aromatic heterocycles. The Morgan fingerprint density at radius 2 is 1.71 bits per heavy atom. The van der Waals surface area contributed by atoms with Crippen molar-refractivity contribution in [3.8, 4) is 22.6 Å². The molecule has 1 unspecified atom stereocenters. The van der Waals surface area contributed by atoms with Crippen molar-refractivity contribution in [2.45, 2.75) is 24.8 Å². The minimum Gasteiger partial charge on any atom is -0.479 e. The molecule has 31 heavy (non-hydrogen) atoms. The number of benzene rings is 2. The summed E-state index contributed by atoms with van der Waals surface area (Å²) in [6.07, 6.45) is 2.06. The van der Waals surface area contributed by atoms with Gasteiger partial charge in [0.05, 0.1) is 16.8 Å². The number of nitrogens with zero attached hydrogens (tertiary/aromatic N) is 2. The first-order valence-electron chi connectivity index (χ1n) is 9.42. The van der Waals surface area contributed by atoms with Gasteiger partial charge in [-0.3, -0.25) is 4.79 Å². The quantitative estimate of drug-likeness (QED) is 0.499. The molecule has 1 heterocycles. The van der Waals surface area contributed by atoms with E-state index >= 15 is 0 Å². The highest BCUT2D eigenvalue weighted by Gasteiger charge is 2.21. The number of sulfone groups is 1. The average Bonchev–Trinajstić information content (AvgIpc) is 2.72. The van der Waals surface area contributed by atoms with Gasteiger partial charge in [-0.05, 0) is 47.9 Å². The predicted octanol–water partition coefficient (Wildman–Crippen LogP) is 3.85. The number of aromatic nitrogens is 2. The molecule has 3 rings (SSSR count). The van der Waals surface area contributed by atoms with Gasteiger partial charge in [0.15, 0.2) is 15.6 Å². The summed E-state index contributed by atoms with van der Waals surface area (Å²) in [7, 11) is -3.36. The summed E-state index contributed by atoms with van der Waals surface area (Å²) in [5.41, 5.74) is 0.786. The molecule has 162 valence electrons. The highest BCUT2D eigenvalue weighted by molar-refractivity contribution is 7.90. The van der Waals surface area contributed by atoms with Crippen LogP contribution < -0.4 is 10.3 Å². The van der Waals surface area contributed by atoms with Crippen LogP contribution in [0.1, 0.15) is 13.8 Å². The van der Waals surface area contributed by atoms with Crippen LogP contribution in [0.2, 0.25) is 0 Å². The molecule has 3 aromatic rings. The van der Waals surface area contributed by atoms with E-state index in [4.69, 9.17) is 17.0 Å². The van der Waals surface area contributed by atoms with Gasteiger partial charge in [-0.1, -0.05) is 38.2 Å². The van der Waals surface area contributed by atoms with Crippen LogP contribution in [-0.2, 0) is 9.84 Å². The van der Waals surface area contributed by atoms with Gasteiger partial charge < -0.3 is 4.74 Å². The van der Waals surface area contributed by atoms with Crippen molar-refractivity contribution >= 4 is 27.4 Å². The van der Waals surface area contributed by atoms with E-state index in [-0.39, 0.29) is 16.6 Å². The summed E-state index contributed by atoms with van der Waals surface area (Å²) in [6.45, 7) is 3.82. The lowest BCUT2D eigenvalue weighted by Crippen LogP contribution is -2.30. The zero-order valence-electron chi connectivity index (χ0n) is 17.2. The molecule has 0 aliphatic heterocycles. The summed E-state index contributed by atoms with van der Waals surface area (Å²) in [6, 6.07) is 11.4. The van der Waals surface area contributed by atoms with Crippen molar-refractivity contribution in [2.24, 2.45) is 5.92 Å². The zero-order chi connectivity index (χ0) is 22.8. The molecule has 0 bridgehead atoms. The van der Waals surface area contributed by atoms with E-state index in [0.717, 1.165) is 10.9 Å². The van der Waals surface area contributed by atoms with Gasteiger partial charge in [0, 0.05) is 17.2 Å². The summed E-state index contributed by atoms with van der Waals surface area (Å²) in [5, 5.41) is 5.66. The van der Waals surface area contributed by atoms with Crippen LogP contribution in [0.3, 0.4) is 0 Å².